The number of aromatic nitrogens is 6. The molecule has 0 unspecified atom stereocenters. The highest BCUT2D eigenvalue weighted by Crippen LogP contribution is 2.37. The van der Waals surface area contributed by atoms with E-state index in [2.05, 4.69) is 76.8 Å². The van der Waals surface area contributed by atoms with Crippen LogP contribution in [-0.2, 0) is 61.1 Å². The Morgan fingerprint density at radius 3 is 1.51 bits per heavy atom. The fourth-order valence-corrected chi connectivity index (χ4v) is 13.5. The van der Waals surface area contributed by atoms with Gasteiger partial charge in [-0.25, -0.2) is 0 Å². The van der Waals surface area contributed by atoms with E-state index in [4.69, 9.17) is 0 Å². The second kappa shape index (κ2) is 31.0. The molecule has 6 heterocycles. The minimum atomic E-state index is -0.938. The minimum Gasteiger partial charge on any atom is -0.396 e. The molecule has 5 aromatic rings. The average Bonchev–Trinajstić information content (AvgIpc) is 2.84. The zero-order chi connectivity index (χ0) is 61.4. The van der Waals surface area contributed by atoms with Gasteiger partial charge in [-0.2, -0.15) is 0 Å². The number of amides is 6. The molecule has 0 aliphatic carbocycles. The van der Waals surface area contributed by atoms with Gasteiger partial charge in [0.05, 0.1) is 36.1 Å². The number of unbranched alkanes of at least 4 members (excludes halogenated alkanes) is 2. The summed E-state index contributed by atoms with van der Waals surface area (Å²) in [5.74, 6) is -2.71. The van der Waals surface area contributed by atoms with E-state index >= 15 is 0 Å². The molecule has 6 amide bonds. The molecule has 22 nitrogen and oxygen atoms in total. The summed E-state index contributed by atoms with van der Waals surface area (Å²) in [5, 5.41) is 56.9. The maximum absolute atomic E-state index is 14.3. The van der Waals surface area contributed by atoms with Gasteiger partial charge in [0.15, 0.2) is 0 Å². The number of likely N-dealkylation sites (N-methyl/N-ethyl adjacent to an activating group) is 2. The van der Waals surface area contributed by atoms with E-state index in [0.717, 1.165) is 55.3 Å². The SMILES string of the molecule is CC[C@H](NC)C(=O)N[C@@H]1C(=O)N2[C@@H](CC[C@@H]1CO)CC[C@H]2C(=O)N[C@@H](c1ccccc1)c1cn(CCCCc2ccc(CCCCn3cc(C[C@@H](NC(=O)[C@@H]4CC[C@@H]5CC[C@H](CO)[C@H](NC(=O)[C@H](CC)NC)C(=O)N54)c4ccccc4)nn3)cc2)nn1. The highest BCUT2D eigenvalue weighted by atomic mass is 16.3. The number of fused-ring (bicyclic) bond motifs is 2. The van der Waals surface area contributed by atoms with E-state index in [1.807, 2.05) is 96.3 Å². The molecule has 0 saturated carbocycles. The third-order valence-corrected chi connectivity index (χ3v) is 18.6. The molecule has 4 fully saturated rings. The molecule has 468 valence electrons. The van der Waals surface area contributed by atoms with Crippen molar-refractivity contribution in [1.82, 2.24) is 71.7 Å². The van der Waals surface area contributed by atoms with Crippen LogP contribution in [-0.4, -0.2) is 161 Å². The number of hydrogen-bond donors (Lipinski definition) is 8. The normalized spacial score (nSPS) is 23.4. The lowest BCUT2D eigenvalue weighted by Gasteiger charge is -2.33. The topological polar surface area (TPSA) is 283 Å². The number of rotatable bonds is 29. The number of carbonyl (C=O) groups is 6. The van der Waals surface area contributed by atoms with Gasteiger partial charge in [0.1, 0.15) is 29.9 Å². The Kier molecular flexibility index (Phi) is 22.8. The Morgan fingerprint density at radius 1 is 0.563 bits per heavy atom. The van der Waals surface area contributed by atoms with Crippen LogP contribution in [0.4, 0.5) is 0 Å². The van der Waals surface area contributed by atoms with Crippen LogP contribution in [0.5, 0.6) is 0 Å². The van der Waals surface area contributed by atoms with Crippen molar-refractivity contribution < 1.29 is 39.0 Å². The fourth-order valence-electron chi connectivity index (χ4n) is 13.5. The lowest BCUT2D eigenvalue weighted by molar-refractivity contribution is -0.144. The summed E-state index contributed by atoms with van der Waals surface area (Å²) < 4.78 is 3.68. The molecule has 9 rings (SSSR count). The molecule has 4 saturated heterocycles. The van der Waals surface area contributed by atoms with Gasteiger partial charge in [0.25, 0.3) is 0 Å². The minimum absolute atomic E-state index is 0.155. The molecule has 3 aromatic carbocycles. The molecule has 12 atom stereocenters. The smallest absolute Gasteiger partial charge is 0.246 e. The fraction of sp³-hybridized carbons (Fsp3) is 0.569. The van der Waals surface area contributed by atoms with Crippen molar-refractivity contribution in [2.24, 2.45) is 11.8 Å². The molecule has 2 aromatic heterocycles. The van der Waals surface area contributed by atoms with Crippen LogP contribution in [0.3, 0.4) is 0 Å². The van der Waals surface area contributed by atoms with E-state index in [0.29, 0.717) is 89.4 Å². The highest BCUT2D eigenvalue weighted by molar-refractivity contribution is 5.95. The van der Waals surface area contributed by atoms with E-state index in [9.17, 15) is 39.0 Å². The van der Waals surface area contributed by atoms with Crippen molar-refractivity contribution in [3.8, 4) is 0 Å². The first-order chi connectivity index (χ1) is 42.3. The third-order valence-electron chi connectivity index (χ3n) is 18.6. The number of carbonyl (C=O) groups excluding carboxylic acids is 6. The summed E-state index contributed by atoms with van der Waals surface area (Å²) >= 11 is 0. The maximum atomic E-state index is 14.3. The van der Waals surface area contributed by atoms with Crippen LogP contribution in [0.2, 0.25) is 0 Å². The Balaban J connectivity index is 0.727. The van der Waals surface area contributed by atoms with E-state index in [1.54, 1.807) is 23.9 Å². The van der Waals surface area contributed by atoms with Crippen LogP contribution in [0, 0.1) is 11.8 Å². The molecule has 0 bridgehead atoms. The summed E-state index contributed by atoms with van der Waals surface area (Å²) in [7, 11) is 3.40. The van der Waals surface area contributed by atoms with Crippen molar-refractivity contribution >= 4 is 35.4 Å². The van der Waals surface area contributed by atoms with Crippen LogP contribution in [0.15, 0.2) is 97.3 Å². The van der Waals surface area contributed by atoms with Gasteiger partial charge in [0, 0.05) is 62.8 Å². The van der Waals surface area contributed by atoms with Crippen LogP contribution < -0.4 is 31.9 Å². The Bertz CT molecular complexity index is 3040. The number of aliphatic hydroxyl groups is 2. The second-order valence-electron chi connectivity index (χ2n) is 24.1. The quantitative estimate of drug-likeness (QED) is 0.0314. The van der Waals surface area contributed by atoms with Gasteiger partial charge >= 0.3 is 0 Å². The standard InChI is InChI=1S/C65H90N14O8/c1-5-51(66-3)60(82)70-58-46(40-80)27-29-49-31-33-55(78(49)64(58)86)62(84)68-53(44-19-9-7-10-20-44)37-48-38-76(74-72-48)35-15-13-17-42-23-25-43(26-24-42)18-14-16-36-77-39-54(73-75-77)57(45-21-11-8-12-22-45)69-63(85)56-34-32-50-30-28-47(41-81)59(65(87)79(50)56)71-61(83)52(6-2)67-4/h7-12,19-26,38-39,46-47,49-53,55-59,66-67,80-81H,5-6,13-18,27-37,40-41H2,1-4H3,(H,68,84)(H,69,85)(H,70,82)(H,71,83)/t46-,47-,49+,50+,51+,52+,53-,55+,56+,57+,58+,59+/m1/s1. The predicted octanol–water partition coefficient (Wildman–Crippen LogP) is 4.01. The molecular weight excluding hydrogens is 1100 g/mol. The summed E-state index contributed by atoms with van der Waals surface area (Å²) in [6, 6.07) is 22.5. The number of hydrogen-bond acceptors (Lipinski definition) is 14. The first kappa shape index (κ1) is 64.1. The van der Waals surface area contributed by atoms with Gasteiger partial charge in [0.2, 0.25) is 35.4 Å². The molecule has 0 radical (unpaired) electrons. The van der Waals surface area contributed by atoms with E-state index < -0.39 is 60.2 Å². The molecule has 8 N–H and O–H groups in total. The van der Waals surface area contributed by atoms with E-state index in [1.165, 1.54) is 11.1 Å². The third kappa shape index (κ3) is 15.8. The Morgan fingerprint density at radius 2 is 1.02 bits per heavy atom. The number of nitrogens with one attached hydrogen (secondary N) is 6. The molecule has 22 heteroatoms. The Labute approximate surface area is 510 Å². The van der Waals surface area contributed by atoms with Gasteiger partial charge in [-0.15, -0.1) is 10.2 Å². The van der Waals surface area contributed by atoms with Gasteiger partial charge in [-0.3, -0.25) is 38.1 Å². The van der Waals surface area contributed by atoms with Crippen LogP contribution in [0.1, 0.15) is 149 Å². The van der Waals surface area contributed by atoms with Gasteiger partial charge < -0.3 is 51.9 Å². The molecule has 0 spiro atoms. The lowest BCUT2D eigenvalue weighted by atomic mass is 9.93. The maximum Gasteiger partial charge on any atom is 0.246 e. The largest absolute Gasteiger partial charge is 0.396 e. The summed E-state index contributed by atoms with van der Waals surface area (Å²) in [6.07, 6.45) is 15.5. The van der Waals surface area contributed by atoms with Crippen molar-refractivity contribution in [2.45, 2.75) is 197 Å². The first-order valence-electron chi connectivity index (χ1n) is 31.7. The van der Waals surface area contributed by atoms with Gasteiger partial charge in [-0.05, 0) is 139 Å². The monoisotopic (exact) mass is 1190 g/mol. The molecule has 4 aliphatic heterocycles. The molecule has 4 aliphatic rings. The van der Waals surface area contributed by atoms with Crippen LogP contribution in [0.25, 0.3) is 0 Å². The Hall–Kier alpha value is -7.40. The number of nitrogens with zero attached hydrogens (tertiary/aromatic N) is 8. The second-order valence-corrected chi connectivity index (χ2v) is 24.1. The number of aliphatic hydroxyl groups excluding tert-OH is 2. The average molecular weight is 1200 g/mol. The van der Waals surface area contributed by atoms with Crippen molar-refractivity contribution in [1.29, 1.82) is 0 Å². The molecular formula is C65H90N14O8. The lowest BCUT2D eigenvalue weighted by Crippen LogP contribution is -2.58. The van der Waals surface area contributed by atoms with Gasteiger partial charge in [-0.1, -0.05) is 109 Å². The summed E-state index contributed by atoms with van der Waals surface area (Å²) in [6.45, 7) is 4.63. The van der Waals surface area contributed by atoms with E-state index in [-0.39, 0.29) is 60.7 Å². The highest BCUT2D eigenvalue weighted by Gasteiger charge is 2.50. The summed E-state index contributed by atoms with van der Waals surface area (Å²) in [4.78, 5) is 86.9. The predicted molar refractivity (Wildman–Crippen MR) is 327 cm³/mol. The number of aryl methyl sites for hydroxylation is 4. The zero-order valence-corrected chi connectivity index (χ0v) is 50.9. The number of benzene rings is 3. The molecule has 87 heavy (non-hydrogen) atoms. The summed E-state index contributed by atoms with van der Waals surface area (Å²) in [5.41, 5.74) is 5.60. The first-order valence-corrected chi connectivity index (χ1v) is 31.7. The zero-order valence-electron chi connectivity index (χ0n) is 50.9. The van der Waals surface area contributed by atoms with Crippen LogP contribution >= 0.6 is 0 Å². The van der Waals surface area contributed by atoms with Crippen molar-refractivity contribution in [3.05, 3.63) is 131 Å². The van der Waals surface area contributed by atoms with Crippen molar-refractivity contribution in [2.75, 3.05) is 27.3 Å². The van der Waals surface area contributed by atoms with Crippen molar-refractivity contribution in [3.63, 3.8) is 0 Å².